The number of hydrogen-bond acceptors (Lipinski definition) is 4. The Morgan fingerprint density at radius 2 is 1.84 bits per heavy atom. The molecule has 4 bridgehead atoms. The first kappa shape index (κ1) is 24.3. The second kappa shape index (κ2) is 8.21. The maximum atomic E-state index is 14.8. The summed E-state index contributed by atoms with van der Waals surface area (Å²) in [5.74, 6) is -4.63. The summed E-state index contributed by atoms with van der Waals surface area (Å²) in [6.07, 6.45) is 3.37. The molecule has 4 fully saturated rings. The van der Waals surface area contributed by atoms with Crippen molar-refractivity contribution in [3.05, 3.63) is 63.2 Å². The van der Waals surface area contributed by atoms with Gasteiger partial charge in [0, 0.05) is 37.7 Å². The zero-order chi connectivity index (χ0) is 26.3. The number of nitrogens with zero attached hydrogens (tertiary/aromatic N) is 3. The Morgan fingerprint density at radius 3 is 2.49 bits per heavy atom. The zero-order valence-electron chi connectivity index (χ0n) is 20.4. The van der Waals surface area contributed by atoms with Crippen molar-refractivity contribution in [3.63, 3.8) is 0 Å². The number of anilines is 1. The lowest BCUT2D eigenvalue weighted by Crippen LogP contribution is -2.66. The van der Waals surface area contributed by atoms with Crippen LogP contribution in [0.1, 0.15) is 42.5 Å². The van der Waals surface area contributed by atoms with Gasteiger partial charge >= 0.3 is 0 Å². The Labute approximate surface area is 216 Å². The molecule has 3 aromatic rings. The lowest BCUT2D eigenvalue weighted by molar-refractivity contribution is -0.209. The largest absolute Gasteiger partial charge is 0.363 e. The number of hydrogen-bond donors (Lipinski definition) is 1. The average Bonchev–Trinajstić information content (AvgIpc) is 2.82. The predicted molar refractivity (Wildman–Crippen MR) is 135 cm³/mol. The number of rotatable bonds is 4. The summed E-state index contributed by atoms with van der Waals surface area (Å²) >= 11 is 6.36. The summed E-state index contributed by atoms with van der Waals surface area (Å²) in [6, 6.07) is 7.09. The highest BCUT2D eigenvalue weighted by Crippen LogP contribution is 2.61. The molecule has 0 saturated heterocycles. The fourth-order valence-electron chi connectivity index (χ4n) is 6.83. The maximum Gasteiger partial charge on any atom is 0.257 e. The molecule has 4 aliphatic rings. The molecule has 2 heterocycles. The molecule has 4 aliphatic carbocycles. The van der Waals surface area contributed by atoms with Crippen molar-refractivity contribution in [2.24, 2.45) is 17.8 Å². The van der Waals surface area contributed by atoms with Crippen LogP contribution in [0.5, 0.6) is 0 Å². The third-order valence-electron chi connectivity index (χ3n) is 8.36. The van der Waals surface area contributed by atoms with Gasteiger partial charge < -0.3 is 10.2 Å². The molecule has 2 aromatic heterocycles. The Balaban J connectivity index is 1.46. The number of carbonyl (C=O) groups excluding carboxylic acids is 1. The molecule has 0 spiro atoms. The monoisotopic (exact) mass is 530 g/mol. The van der Waals surface area contributed by atoms with Crippen molar-refractivity contribution in [2.75, 3.05) is 19.0 Å². The Bertz CT molecular complexity index is 1490. The van der Waals surface area contributed by atoms with E-state index in [4.69, 9.17) is 11.6 Å². The summed E-state index contributed by atoms with van der Waals surface area (Å²) in [5.41, 5.74) is -0.803. The second-order valence-corrected chi connectivity index (χ2v) is 11.4. The molecule has 4 saturated carbocycles. The van der Waals surface area contributed by atoms with Crippen molar-refractivity contribution in [3.8, 4) is 5.69 Å². The van der Waals surface area contributed by atoms with Crippen molar-refractivity contribution < 1.29 is 18.0 Å². The lowest BCUT2D eigenvalue weighted by Gasteiger charge is -2.59. The van der Waals surface area contributed by atoms with E-state index in [2.05, 4.69) is 10.3 Å². The molecule has 194 valence electrons. The Hall–Kier alpha value is -3.07. The normalized spacial score (nSPS) is 27.5. The minimum atomic E-state index is -2.71. The van der Waals surface area contributed by atoms with Crippen LogP contribution in [0.25, 0.3) is 16.7 Å². The van der Waals surface area contributed by atoms with Gasteiger partial charge in [-0.25, -0.2) is 18.2 Å². The number of nitrogens with one attached hydrogen (secondary N) is 1. The van der Waals surface area contributed by atoms with Crippen molar-refractivity contribution >= 4 is 34.4 Å². The van der Waals surface area contributed by atoms with Crippen LogP contribution in [0.3, 0.4) is 0 Å². The van der Waals surface area contributed by atoms with Crippen LogP contribution in [0, 0.1) is 23.6 Å². The van der Waals surface area contributed by atoms with Gasteiger partial charge in [-0.2, -0.15) is 0 Å². The van der Waals surface area contributed by atoms with Gasteiger partial charge in [0.1, 0.15) is 17.2 Å². The predicted octanol–water partition coefficient (Wildman–Crippen LogP) is 5.19. The average molecular weight is 531 g/mol. The van der Waals surface area contributed by atoms with E-state index in [1.54, 1.807) is 31.1 Å². The van der Waals surface area contributed by atoms with Crippen LogP contribution in [0.4, 0.5) is 19.0 Å². The van der Waals surface area contributed by atoms with E-state index >= 15 is 0 Å². The van der Waals surface area contributed by atoms with E-state index in [1.165, 1.54) is 22.9 Å². The third-order valence-corrected chi connectivity index (χ3v) is 8.67. The fourth-order valence-corrected chi connectivity index (χ4v) is 7.08. The summed E-state index contributed by atoms with van der Waals surface area (Å²) < 4.78 is 44.8. The van der Waals surface area contributed by atoms with Crippen LogP contribution in [-0.2, 0) is 0 Å². The first-order valence-electron chi connectivity index (χ1n) is 12.4. The van der Waals surface area contributed by atoms with Gasteiger partial charge in [0.05, 0.1) is 16.1 Å². The minimum absolute atomic E-state index is 0.0803. The molecule has 1 aromatic carbocycles. The maximum absolute atomic E-state index is 14.8. The summed E-state index contributed by atoms with van der Waals surface area (Å²) in [6.45, 7) is 0. The van der Waals surface area contributed by atoms with Crippen molar-refractivity contribution in [2.45, 2.75) is 43.6 Å². The standard InChI is InChI=1S/C27H26ClF3N4O2/c1-34(2)22-6-4-18-23(36)19(13-35(24(18)32-22)21-5-3-17(29)9-20(21)28)25(37)33-26-10-14-7-15(11-26)27(30,31)16(8-14)12-26/h3-6,9,13-16H,7-8,10-12H2,1-2H3,(H,33,37). The zero-order valence-corrected chi connectivity index (χ0v) is 21.2. The lowest BCUT2D eigenvalue weighted by atomic mass is 9.51. The molecule has 1 amide bonds. The topological polar surface area (TPSA) is 67.2 Å². The van der Waals surface area contributed by atoms with Crippen molar-refractivity contribution in [1.82, 2.24) is 14.9 Å². The Kier molecular flexibility index (Phi) is 5.39. The molecular formula is C27H26ClF3N4O2. The highest BCUT2D eigenvalue weighted by molar-refractivity contribution is 6.32. The van der Waals surface area contributed by atoms with Crippen LogP contribution in [0.15, 0.2) is 41.3 Å². The molecule has 2 unspecified atom stereocenters. The number of benzene rings is 1. The van der Waals surface area contributed by atoms with E-state index in [0.29, 0.717) is 30.8 Å². The van der Waals surface area contributed by atoms with Gasteiger partial charge in [0.15, 0.2) is 5.65 Å². The summed E-state index contributed by atoms with van der Waals surface area (Å²) in [5, 5.41) is 3.28. The molecule has 6 nitrogen and oxygen atoms in total. The summed E-state index contributed by atoms with van der Waals surface area (Å²) in [7, 11) is 3.61. The van der Waals surface area contributed by atoms with Gasteiger partial charge in [-0.15, -0.1) is 0 Å². The number of fused-ring (bicyclic) bond motifs is 1. The van der Waals surface area contributed by atoms with Gasteiger partial charge in [0.2, 0.25) is 5.43 Å². The molecule has 2 atom stereocenters. The fraction of sp³-hybridized carbons (Fsp3) is 0.444. The number of pyridine rings is 2. The van der Waals surface area contributed by atoms with E-state index in [0.717, 1.165) is 6.07 Å². The molecule has 37 heavy (non-hydrogen) atoms. The van der Waals surface area contributed by atoms with Crippen molar-refractivity contribution in [1.29, 1.82) is 0 Å². The van der Waals surface area contributed by atoms with Crippen LogP contribution in [-0.4, -0.2) is 41.0 Å². The smallest absolute Gasteiger partial charge is 0.257 e. The highest BCUT2D eigenvalue weighted by atomic mass is 35.5. The third kappa shape index (κ3) is 3.81. The van der Waals surface area contributed by atoms with Gasteiger partial charge in [-0.1, -0.05) is 11.6 Å². The molecule has 10 heteroatoms. The SMILES string of the molecule is CN(C)c1ccc2c(=O)c(C(=O)NC34CC5CC(C3)C(F)(F)C(C5)C4)cn(-c3ccc(F)cc3Cl)c2n1. The number of halogens is 4. The van der Waals surface area contributed by atoms with Crippen LogP contribution >= 0.6 is 11.6 Å². The van der Waals surface area contributed by atoms with Crippen LogP contribution < -0.4 is 15.6 Å². The summed E-state index contributed by atoms with van der Waals surface area (Å²) in [4.78, 5) is 33.5. The molecule has 7 rings (SSSR count). The van der Waals surface area contributed by atoms with Gasteiger partial charge in [0.25, 0.3) is 11.8 Å². The van der Waals surface area contributed by atoms with E-state index in [9.17, 15) is 22.8 Å². The van der Waals surface area contributed by atoms with E-state index in [-0.39, 0.29) is 40.4 Å². The Morgan fingerprint density at radius 1 is 1.14 bits per heavy atom. The van der Waals surface area contributed by atoms with E-state index < -0.39 is 40.5 Å². The second-order valence-electron chi connectivity index (χ2n) is 11.0. The minimum Gasteiger partial charge on any atom is -0.363 e. The molecule has 0 aliphatic heterocycles. The first-order valence-corrected chi connectivity index (χ1v) is 12.7. The first-order chi connectivity index (χ1) is 17.5. The number of aromatic nitrogens is 2. The van der Waals surface area contributed by atoms with Gasteiger partial charge in [-0.3, -0.25) is 14.2 Å². The molecular weight excluding hydrogens is 505 g/mol. The van der Waals surface area contributed by atoms with E-state index in [1.807, 2.05) is 0 Å². The number of carbonyl (C=O) groups is 1. The van der Waals surface area contributed by atoms with Gasteiger partial charge in [-0.05, 0) is 68.4 Å². The quantitative estimate of drug-likeness (QED) is 0.504. The van der Waals surface area contributed by atoms with Crippen LogP contribution in [0.2, 0.25) is 5.02 Å². The number of amides is 1. The molecule has 0 radical (unpaired) electrons. The molecule has 1 N–H and O–H groups in total. The highest BCUT2D eigenvalue weighted by Gasteiger charge is 2.64. The number of alkyl halides is 2.